The van der Waals surface area contributed by atoms with Crippen LogP contribution in [-0.2, 0) is 0 Å². The normalized spacial score (nSPS) is 12.4. The Balaban J connectivity index is 2.14. The number of nitrogens with one attached hydrogen (secondary N) is 1. The lowest BCUT2D eigenvalue weighted by Gasteiger charge is -2.14. The van der Waals surface area contributed by atoms with Gasteiger partial charge in [0.25, 0.3) is 0 Å². The lowest BCUT2D eigenvalue weighted by molar-refractivity contribution is 0.900. The van der Waals surface area contributed by atoms with Crippen LogP contribution in [0.15, 0.2) is 38.9 Å². The summed E-state index contributed by atoms with van der Waals surface area (Å²) in [4.78, 5) is 5.41. The molecule has 0 aliphatic rings. The third-order valence-electron chi connectivity index (χ3n) is 2.13. The molecule has 2 aromatic rings. The van der Waals surface area contributed by atoms with Crippen LogP contribution in [0, 0.1) is 0 Å². The summed E-state index contributed by atoms with van der Waals surface area (Å²) in [6.45, 7) is 2.14. The number of hydrogen-bond acceptors (Lipinski definition) is 3. The van der Waals surface area contributed by atoms with E-state index in [9.17, 15) is 0 Å². The van der Waals surface area contributed by atoms with Crippen LogP contribution in [0.1, 0.15) is 17.8 Å². The first-order valence-corrected chi connectivity index (χ1v) is 7.23. The summed E-state index contributed by atoms with van der Waals surface area (Å²) in [5, 5.41) is 5.49. The number of nitrogens with zero attached hydrogens (tertiary/aromatic N) is 1. The van der Waals surface area contributed by atoms with Crippen molar-refractivity contribution in [1.29, 1.82) is 0 Å². The van der Waals surface area contributed by atoms with Crippen molar-refractivity contribution in [2.24, 2.45) is 0 Å². The van der Waals surface area contributed by atoms with Gasteiger partial charge in [0.2, 0.25) is 0 Å². The number of thiophene rings is 1. The monoisotopic (exact) mass is 360 g/mol. The first kappa shape index (κ1) is 12.1. The standard InChI is InChI=1S/C11H10Br2N2S/c1-7(11-10(13)2-3-16-11)15-9-4-8(12)5-14-6-9/h2-7,15H,1H3. The quantitative estimate of drug-likeness (QED) is 0.845. The Morgan fingerprint density at radius 3 is 2.81 bits per heavy atom. The lowest BCUT2D eigenvalue weighted by Crippen LogP contribution is -2.05. The molecule has 0 spiro atoms. The molecular weight excluding hydrogens is 352 g/mol. The molecule has 1 atom stereocenters. The second-order valence-corrected chi connectivity index (χ2v) is 6.11. The van der Waals surface area contributed by atoms with Gasteiger partial charge >= 0.3 is 0 Å². The van der Waals surface area contributed by atoms with Gasteiger partial charge in [0.1, 0.15) is 0 Å². The predicted octanol–water partition coefficient (Wildman–Crippen LogP) is 4.84. The van der Waals surface area contributed by atoms with E-state index >= 15 is 0 Å². The van der Waals surface area contributed by atoms with Gasteiger partial charge in [-0.15, -0.1) is 11.3 Å². The number of hydrogen-bond donors (Lipinski definition) is 1. The van der Waals surface area contributed by atoms with Crippen LogP contribution in [0.4, 0.5) is 5.69 Å². The van der Waals surface area contributed by atoms with Crippen LogP contribution in [0.2, 0.25) is 0 Å². The molecule has 0 radical (unpaired) electrons. The fraction of sp³-hybridized carbons (Fsp3) is 0.182. The van der Waals surface area contributed by atoms with E-state index in [1.165, 1.54) is 4.88 Å². The van der Waals surface area contributed by atoms with Gasteiger partial charge in [-0.2, -0.15) is 0 Å². The Kier molecular flexibility index (Phi) is 4.00. The molecule has 5 heteroatoms. The molecule has 16 heavy (non-hydrogen) atoms. The highest BCUT2D eigenvalue weighted by Crippen LogP contribution is 2.31. The van der Waals surface area contributed by atoms with Crippen LogP contribution in [-0.4, -0.2) is 4.98 Å². The zero-order chi connectivity index (χ0) is 11.5. The molecule has 84 valence electrons. The lowest BCUT2D eigenvalue weighted by atomic mass is 10.2. The van der Waals surface area contributed by atoms with E-state index in [2.05, 4.69) is 60.5 Å². The minimum atomic E-state index is 0.269. The highest BCUT2D eigenvalue weighted by molar-refractivity contribution is 9.10. The van der Waals surface area contributed by atoms with E-state index in [0.29, 0.717) is 0 Å². The van der Waals surface area contributed by atoms with Crippen molar-refractivity contribution in [2.75, 3.05) is 5.32 Å². The molecule has 2 heterocycles. The number of aromatic nitrogens is 1. The van der Waals surface area contributed by atoms with Crippen LogP contribution < -0.4 is 5.32 Å². The summed E-state index contributed by atoms with van der Waals surface area (Å²) in [5.74, 6) is 0. The second kappa shape index (κ2) is 5.29. The van der Waals surface area contributed by atoms with Crippen molar-refractivity contribution in [3.63, 3.8) is 0 Å². The summed E-state index contributed by atoms with van der Waals surface area (Å²) < 4.78 is 2.13. The zero-order valence-electron chi connectivity index (χ0n) is 8.58. The van der Waals surface area contributed by atoms with Gasteiger partial charge in [-0.05, 0) is 56.3 Å². The zero-order valence-corrected chi connectivity index (χ0v) is 12.6. The second-order valence-electron chi connectivity index (χ2n) is 3.39. The van der Waals surface area contributed by atoms with Gasteiger partial charge in [0.15, 0.2) is 0 Å². The van der Waals surface area contributed by atoms with Crippen molar-refractivity contribution >= 4 is 48.9 Å². The third-order valence-corrected chi connectivity index (χ3v) is 4.61. The van der Waals surface area contributed by atoms with Crippen molar-refractivity contribution in [2.45, 2.75) is 13.0 Å². The van der Waals surface area contributed by atoms with Crippen LogP contribution in [0.5, 0.6) is 0 Å². The first-order valence-electron chi connectivity index (χ1n) is 4.77. The Morgan fingerprint density at radius 1 is 1.38 bits per heavy atom. The fourth-order valence-electron chi connectivity index (χ4n) is 1.42. The Bertz CT molecular complexity index is 484. The number of anilines is 1. The highest BCUT2D eigenvalue weighted by atomic mass is 79.9. The van der Waals surface area contributed by atoms with E-state index in [1.54, 1.807) is 17.5 Å². The fourth-order valence-corrected chi connectivity index (χ4v) is 3.51. The number of rotatable bonds is 3. The van der Waals surface area contributed by atoms with Gasteiger partial charge in [-0.3, -0.25) is 4.98 Å². The average Bonchev–Trinajstić information content (AvgIpc) is 2.64. The molecule has 0 amide bonds. The van der Waals surface area contributed by atoms with Crippen LogP contribution in [0.3, 0.4) is 0 Å². The minimum absolute atomic E-state index is 0.269. The van der Waals surface area contributed by atoms with E-state index in [1.807, 2.05) is 12.3 Å². The highest BCUT2D eigenvalue weighted by Gasteiger charge is 2.10. The SMILES string of the molecule is CC(Nc1cncc(Br)c1)c1sccc1Br. The molecule has 0 saturated carbocycles. The summed E-state index contributed by atoms with van der Waals surface area (Å²) >= 11 is 8.69. The molecule has 0 aliphatic heterocycles. The molecule has 2 nitrogen and oxygen atoms in total. The molecule has 2 rings (SSSR count). The summed E-state index contributed by atoms with van der Waals surface area (Å²) in [7, 11) is 0. The van der Waals surface area contributed by atoms with Crippen molar-refractivity contribution in [1.82, 2.24) is 4.98 Å². The Labute approximate surface area is 115 Å². The van der Waals surface area contributed by atoms with Gasteiger partial charge in [-0.1, -0.05) is 0 Å². The molecule has 0 aliphatic carbocycles. The van der Waals surface area contributed by atoms with Gasteiger partial charge in [-0.25, -0.2) is 0 Å². The maximum Gasteiger partial charge on any atom is 0.0590 e. The van der Waals surface area contributed by atoms with Gasteiger partial charge in [0.05, 0.1) is 17.9 Å². The summed E-state index contributed by atoms with van der Waals surface area (Å²) in [6.07, 6.45) is 3.60. The molecule has 1 N–H and O–H groups in total. The molecule has 0 saturated heterocycles. The van der Waals surface area contributed by atoms with E-state index in [4.69, 9.17) is 0 Å². The van der Waals surface area contributed by atoms with Gasteiger partial charge in [0, 0.05) is 20.0 Å². The molecule has 0 fully saturated rings. The first-order chi connectivity index (χ1) is 7.66. The Hall–Kier alpha value is -0.390. The molecule has 0 aromatic carbocycles. The van der Waals surface area contributed by atoms with E-state index < -0.39 is 0 Å². The molecule has 0 bridgehead atoms. The Morgan fingerprint density at radius 2 is 2.19 bits per heavy atom. The average molecular weight is 362 g/mol. The molecule has 1 unspecified atom stereocenters. The van der Waals surface area contributed by atoms with Crippen LogP contribution >= 0.6 is 43.2 Å². The van der Waals surface area contributed by atoms with Crippen molar-refractivity contribution in [3.8, 4) is 0 Å². The maximum absolute atomic E-state index is 4.12. The number of pyridine rings is 1. The molecule has 2 aromatic heterocycles. The smallest absolute Gasteiger partial charge is 0.0590 e. The van der Waals surface area contributed by atoms with Crippen molar-refractivity contribution < 1.29 is 0 Å². The summed E-state index contributed by atoms with van der Waals surface area (Å²) in [6, 6.07) is 4.35. The topological polar surface area (TPSA) is 24.9 Å². The summed E-state index contributed by atoms with van der Waals surface area (Å²) in [5.41, 5.74) is 1.02. The largest absolute Gasteiger partial charge is 0.376 e. The molecular formula is C11H10Br2N2S. The predicted molar refractivity (Wildman–Crippen MR) is 76.0 cm³/mol. The third kappa shape index (κ3) is 2.84. The maximum atomic E-state index is 4.12. The van der Waals surface area contributed by atoms with Crippen LogP contribution in [0.25, 0.3) is 0 Å². The minimum Gasteiger partial charge on any atom is -0.376 e. The number of halogens is 2. The van der Waals surface area contributed by atoms with Crippen molar-refractivity contribution in [3.05, 3.63) is 43.7 Å². The van der Waals surface area contributed by atoms with E-state index in [-0.39, 0.29) is 6.04 Å². The van der Waals surface area contributed by atoms with Gasteiger partial charge < -0.3 is 5.32 Å². The van der Waals surface area contributed by atoms with E-state index in [0.717, 1.165) is 14.6 Å².